The lowest BCUT2D eigenvalue weighted by Gasteiger charge is -2.11. The first kappa shape index (κ1) is 19.5. The van der Waals surface area contributed by atoms with Crippen molar-refractivity contribution in [1.29, 1.82) is 5.26 Å². The number of nitrogens with zero attached hydrogens (tertiary/aromatic N) is 2. The predicted molar refractivity (Wildman–Crippen MR) is 117 cm³/mol. The Kier molecular flexibility index (Phi) is 5.93. The molecule has 0 amide bonds. The normalized spacial score (nSPS) is 11.1. The largest absolute Gasteiger partial charge is 0.493 e. The van der Waals surface area contributed by atoms with E-state index in [-0.39, 0.29) is 0 Å². The maximum atomic E-state index is 9.64. The van der Waals surface area contributed by atoms with Gasteiger partial charge in [0.05, 0.1) is 18.9 Å². The molecule has 2 heterocycles. The lowest BCUT2D eigenvalue weighted by molar-refractivity contribution is 0.284. The van der Waals surface area contributed by atoms with Gasteiger partial charge in [-0.3, -0.25) is 0 Å². The van der Waals surface area contributed by atoms with E-state index in [0.717, 1.165) is 11.1 Å². The third kappa shape index (κ3) is 4.43. The standard InChI is InChI=1S/C24H18N2O3S/c1-27-23-13-18(9-10-22(23)29-15-17-6-3-2-4-7-17)12-19(14-25)24-26-20(16-30-24)21-8-5-11-28-21/h2-13,16H,15H2,1H3/b19-12+. The fourth-order valence-electron chi connectivity index (χ4n) is 2.87. The van der Waals surface area contributed by atoms with E-state index in [1.54, 1.807) is 19.4 Å². The van der Waals surface area contributed by atoms with Crippen LogP contribution >= 0.6 is 11.3 Å². The Morgan fingerprint density at radius 1 is 1.13 bits per heavy atom. The first-order chi connectivity index (χ1) is 14.8. The van der Waals surface area contributed by atoms with Gasteiger partial charge >= 0.3 is 0 Å². The molecule has 0 spiro atoms. The average Bonchev–Trinajstić information content (AvgIpc) is 3.49. The topological polar surface area (TPSA) is 68.3 Å². The Morgan fingerprint density at radius 3 is 2.73 bits per heavy atom. The quantitative estimate of drug-likeness (QED) is 0.344. The van der Waals surface area contributed by atoms with Crippen LogP contribution in [-0.4, -0.2) is 12.1 Å². The highest BCUT2D eigenvalue weighted by Crippen LogP contribution is 2.32. The lowest BCUT2D eigenvalue weighted by Crippen LogP contribution is -1.97. The van der Waals surface area contributed by atoms with Crippen LogP contribution < -0.4 is 9.47 Å². The SMILES string of the molecule is COc1cc(/C=C(\C#N)c2nc(-c3ccco3)cs2)ccc1OCc1ccccc1. The van der Waals surface area contributed by atoms with Crippen molar-refractivity contribution in [3.8, 4) is 29.0 Å². The summed E-state index contributed by atoms with van der Waals surface area (Å²) in [6.07, 6.45) is 3.39. The van der Waals surface area contributed by atoms with E-state index in [4.69, 9.17) is 13.9 Å². The maximum Gasteiger partial charge on any atom is 0.161 e. The summed E-state index contributed by atoms with van der Waals surface area (Å²) in [5.74, 6) is 1.93. The summed E-state index contributed by atoms with van der Waals surface area (Å²) in [6.45, 7) is 0.449. The van der Waals surface area contributed by atoms with E-state index in [2.05, 4.69) is 11.1 Å². The second-order valence-electron chi connectivity index (χ2n) is 6.37. The zero-order valence-corrected chi connectivity index (χ0v) is 17.1. The molecule has 0 N–H and O–H groups in total. The van der Waals surface area contributed by atoms with Crippen LogP contribution in [0.3, 0.4) is 0 Å². The minimum atomic E-state index is 0.449. The van der Waals surface area contributed by atoms with Crippen LogP contribution in [-0.2, 0) is 6.61 Å². The first-order valence-electron chi connectivity index (χ1n) is 9.23. The summed E-state index contributed by atoms with van der Waals surface area (Å²) in [5.41, 5.74) is 3.08. The number of ether oxygens (including phenoxy) is 2. The van der Waals surface area contributed by atoms with Crippen molar-refractivity contribution >= 4 is 23.0 Å². The molecule has 0 atom stereocenters. The van der Waals surface area contributed by atoms with Gasteiger partial charge in [0.15, 0.2) is 17.3 Å². The molecule has 6 heteroatoms. The number of aromatic nitrogens is 1. The molecular formula is C24H18N2O3S. The Labute approximate surface area is 178 Å². The molecule has 0 aliphatic rings. The molecule has 0 fully saturated rings. The summed E-state index contributed by atoms with van der Waals surface area (Å²) >= 11 is 1.40. The summed E-state index contributed by atoms with van der Waals surface area (Å²) in [6, 6.07) is 21.4. The molecule has 2 aromatic heterocycles. The van der Waals surface area contributed by atoms with Gasteiger partial charge in [-0.1, -0.05) is 36.4 Å². The van der Waals surface area contributed by atoms with E-state index in [0.29, 0.717) is 40.1 Å². The fourth-order valence-corrected chi connectivity index (χ4v) is 3.65. The second kappa shape index (κ2) is 9.12. The maximum absolute atomic E-state index is 9.64. The van der Waals surface area contributed by atoms with Crippen molar-refractivity contribution in [2.75, 3.05) is 7.11 Å². The van der Waals surface area contributed by atoms with Gasteiger partial charge in [-0.15, -0.1) is 11.3 Å². The Hall–Kier alpha value is -3.82. The number of thiazole rings is 1. The highest BCUT2D eigenvalue weighted by atomic mass is 32.1. The lowest BCUT2D eigenvalue weighted by atomic mass is 10.1. The smallest absolute Gasteiger partial charge is 0.161 e. The van der Waals surface area contributed by atoms with Crippen LogP contribution in [0.2, 0.25) is 0 Å². The molecule has 0 aliphatic heterocycles. The van der Waals surface area contributed by atoms with Gasteiger partial charge in [-0.05, 0) is 41.5 Å². The summed E-state index contributed by atoms with van der Waals surface area (Å²) in [4.78, 5) is 4.52. The molecular weight excluding hydrogens is 396 g/mol. The van der Waals surface area contributed by atoms with Crippen LogP contribution in [0.25, 0.3) is 23.1 Å². The zero-order valence-electron chi connectivity index (χ0n) is 16.2. The van der Waals surface area contributed by atoms with Gasteiger partial charge in [-0.25, -0.2) is 4.98 Å². The van der Waals surface area contributed by atoms with Gasteiger partial charge in [0, 0.05) is 5.38 Å². The Bertz CT molecular complexity index is 1190. The van der Waals surface area contributed by atoms with Crippen molar-refractivity contribution in [3.63, 3.8) is 0 Å². The fraction of sp³-hybridized carbons (Fsp3) is 0.0833. The number of hydrogen-bond acceptors (Lipinski definition) is 6. The van der Waals surface area contributed by atoms with Crippen LogP contribution in [0.15, 0.2) is 76.7 Å². The van der Waals surface area contributed by atoms with E-state index in [1.165, 1.54) is 11.3 Å². The van der Waals surface area contributed by atoms with Crippen molar-refractivity contribution in [2.24, 2.45) is 0 Å². The molecule has 0 saturated heterocycles. The van der Waals surface area contributed by atoms with Crippen LogP contribution in [0, 0.1) is 11.3 Å². The summed E-state index contributed by atoms with van der Waals surface area (Å²) in [5, 5.41) is 12.1. The molecule has 0 bridgehead atoms. The van der Waals surface area contributed by atoms with Crippen molar-refractivity contribution in [1.82, 2.24) is 4.98 Å². The molecule has 0 unspecified atom stereocenters. The molecule has 0 saturated carbocycles. The average molecular weight is 414 g/mol. The monoisotopic (exact) mass is 414 g/mol. The zero-order chi connectivity index (χ0) is 20.8. The van der Waals surface area contributed by atoms with E-state index in [9.17, 15) is 5.26 Å². The number of hydrogen-bond donors (Lipinski definition) is 0. The van der Waals surface area contributed by atoms with Gasteiger partial charge in [0.25, 0.3) is 0 Å². The molecule has 148 valence electrons. The Balaban J connectivity index is 1.55. The number of furan rings is 1. The minimum Gasteiger partial charge on any atom is -0.493 e. The summed E-state index contributed by atoms with van der Waals surface area (Å²) in [7, 11) is 1.60. The molecule has 4 rings (SSSR count). The van der Waals surface area contributed by atoms with Gasteiger partial charge in [-0.2, -0.15) is 5.26 Å². The third-order valence-corrected chi connectivity index (χ3v) is 5.24. The van der Waals surface area contributed by atoms with Gasteiger partial charge in [0.1, 0.15) is 23.4 Å². The summed E-state index contributed by atoms with van der Waals surface area (Å²) < 4.78 is 16.8. The highest BCUT2D eigenvalue weighted by Gasteiger charge is 2.12. The number of rotatable bonds is 7. The van der Waals surface area contributed by atoms with Crippen LogP contribution in [0.5, 0.6) is 11.5 Å². The second-order valence-corrected chi connectivity index (χ2v) is 7.23. The molecule has 5 nitrogen and oxygen atoms in total. The Morgan fingerprint density at radius 2 is 2.00 bits per heavy atom. The van der Waals surface area contributed by atoms with Crippen LogP contribution in [0.4, 0.5) is 0 Å². The molecule has 4 aromatic rings. The number of benzene rings is 2. The number of methoxy groups -OCH3 is 1. The van der Waals surface area contributed by atoms with Crippen molar-refractivity contribution in [3.05, 3.63) is 88.4 Å². The highest BCUT2D eigenvalue weighted by molar-refractivity contribution is 7.11. The van der Waals surface area contributed by atoms with Crippen molar-refractivity contribution in [2.45, 2.75) is 6.61 Å². The van der Waals surface area contributed by atoms with E-state index < -0.39 is 0 Å². The van der Waals surface area contributed by atoms with Gasteiger partial charge < -0.3 is 13.9 Å². The predicted octanol–water partition coefficient (Wildman–Crippen LogP) is 6.05. The minimum absolute atomic E-state index is 0.449. The molecule has 2 aromatic carbocycles. The van der Waals surface area contributed by atoms with E-state index in [1.807, 2.05) is 66.0 Å². The number of allylic oxidation sites excluding steroid dienone is 1. The molecule has 30 heavy (non-hydrogen) atoms. The van der Waals surface area contributed by atoms with Crippen molar-refractivity contribution < 1.29 is 13.9 Å². The molecule has 0 radical (unpaired) electrons. The third-order valence-electron chi connectivity index (χ3n) is 4.36. The molecule has 0 aliphatic carbocycles. The first-order valence-corrected chi connectivity index (χ1v) is 10.1. The van der Waals surface area contributed by atoms with E-state index >= 15 is 0 Å². The number of nitriles is 1. The van der Waals surface area contributed by atoms with Crippen LogP contribution in [0.1, 0.15) is 16.1 Å². The van der Waals surface area contributed by atoms with Gasteiger partial charge in [0.2, 0.25) is 0 Å².